The van der Waals surface area contributed by atoms with Crippen LogP contribution in [0.25, 0.3) is 5.70 Å². The first-order valence-corrected chi connectivity index (χ1v) is 8.91. The van der Waals surface area contributed by atoms with Crippen molar-refractivity contribution in [2.45, 2.75) is 0 Å². The molecule has 0 fully saturated rings. The van der Waals surface area contributed by atoms with Gasteiger partial charge in [0.05, 0.1) is 11.4 Å². The number of hydrogen-bond acceptors (Lipinski definition) is 3. The Kier molecular flexibility index (Phi) is 5.19. The molecular weight excluding hydrogens is 357 g/mol. The molecule has 0 bridgehead atoms. The zero-order valence-electron chi connectivity index (χ0n) is 15.0. The molecule has 1 aliphatic heterocycles. The summed E-state index contributed by atoms with van der Waals surface area (Å²) in [5.41, 5.74) is 2.77. The number of nitrogens with zero attached hydrogens (tertiary/aromatic N) is 2. The van der Waals surface area contributed by atoms with Gasteiger partial charge in [-0.25, -0.2) is 0 Å². The van der Waals surface area contributed by atoms with Crippen molar-refractivity contribution in [3.63, 3.8) is 0 Å². The van der Waals surface area contributed by atoms with E-state index >= 15 is 0 Å². The number of hydrogen-bond donors (Lipinski definition) is 0. The number of rotatable bonds is 5. The minimum absolute atomic E-state index is 0.165. The number of para-hydroxylation sites is 3. The first kappa shape index (κ1) is 18.0. The lowest BCUT2D eigenvalue weighted by Crippen LogP contribution is -2.34. The maximum absolute atomic E-state index is 14.2. The van der Waals surface area contributed by atoms with E-state index < -0.39 is 7.40 Å². The highest BCUT2D eigenvalue weighted by Crippen LogP contribution is 2.38. The third kappa shape index (κ3) is 3.67. The van der Waals surface area contributed by atoms with Crippen LogP contribution in [0.5, 0.6) is 5.75 Å². The molecule has 0 saturated heterocycles. The molecule has 138 valence electrons. The second kappa shape index (κ2) is 8.09. The summed E-state index contributed by atoms with van der Waals surface area (Å²) >= 11 is 0. The van der Waals surface area contributed by atoms with Gasteiger partial charge in [0.1, 0.15) is 12.4 Å². The van der Waals surface area contributed by atoms with Crippen LogP contribution in [0.15, 0.2) is 95.5 Å². The minimum Gasteiger partial charge on any atom is -0.488 e. The fraction of sp³-hybridized carbons (Fsp3) is 0.0455. The Hall–Kier alpha value is -3.41. The zero-order chi connectivity index (χ0) is 19.3. The third-order valence-electron chi connectivity index (χ3n) is 4.43. The van der Waals surface area contributed by atoms with Crippen LogP contribution in [0.2, 0.25) is 0 Å². The number of benzene rings is 3. The van der Waals surface area contributed by atoms with E-state index in [1.165, 1.54) is 0 Å². The molecule has 0 amide bonds. The van der Waals surface area contributed by atoms with Gasteiger partial charge in [0.2, 0.25) is 0 Å². The van der Waals surface area contributed by atoms with Crippen LogP contribution < -0.4 is 9.55 Å². The van der Waals surface area contributed by atoms with E-state index in [0.717, 1.165) is 10.5 Å². The average Bonchev–Trinajstić information content (AvgIpc) is 2.74. The van der Waals surface area contributed by atoms with Gasteiger partial charge in [-0.3, -0.25) is 13.6 Å². The predicted molar refractivity (Wildman–Crippen MR) is 110 cm³/mol. The summed E-state index contributed by atoms with van der Waals surface area (Å²) in [6.07, 6.45) is 1.61. The van der Waals surface area contributed by atoms with Crippen molar-refractivity contribution in [2.24, 2.45) is 4.99 Å². The second-order valence-corrected chi connectivity index (χ2v) is 6.24. The summed E-state index contributed by atoms with van der Waals surface area (Å²) in [6.45, 7) is 0.165. The highest BCUT2D eigenvalue weighted by molar-refractivity contribution is 6.52. The van der Waals surface area contributed by atoms with Gasteiger partial charge in [-0.2, -0.15) is 0 Å². The molecule has 3 aromatic carbocycles. The van der Waals surface area contributed by atoms with E-state index in [1.54, 1.807) is 48.7 Å². The van der Waals surface area contributed by atoms with E-state index in [1.807, 2.05) is 42.5 Å². The number of fused-ring (bicyclic) bond motifs is 1. The number of halogens is 2. The van der Waals surface area contributed by atoms with Gasteiger partial charge in [0.15, 0.2) is 0 Å². The summed E-state index contributed by atoms with van der Waals surface area (Å²) in [7, 11) is -2.72. The van der Waals surface area contributed by atoms with Crippen LogP contribution in [0, 0.1) is 0 Å². The molecule has 28 heavy (non-hydrogen) atoms. The van der Waals surface area contributed by atoms with E-state index in [2.05, 4.69) is 4.99 Å². The van der Waals surface area contributed by atoms with Gasteiger partial charge in [0.25, 0.3) is 0 Å². The molecule has 0 saturated carbocycles. The van der Waals surface area contributed by atoms with E-state index in [-0.39, 0.29) is 6.61 Å². The van der Waals surface area contributed by atoms with Crippen molar-refractivity contribution in [1.82, 2.24) is 0 Å². The van der Waals surface area contributed by atoms with Gasteiger partial charge >= 0.3 is 7.40 Å². The molecule has 1 aliphatic rings. The predicted octanol–water partition coefficient (Wildman–Crippen LogP) is 5.62. The summed E-state index contributed by atoms with van der Waals surface area (Å²) < 4.78 is 34.2. The number of anilines is 1. The molecule has 0 aliphatic carbocycles. The standard InChI is InChI=1S/C22H17BF2N2O/c24-23(25)27(19-11-5-2-6-12-19)22-17(15-26-18-9-3-1-4-10-18)16-28-21-14-8-7-13-20(21)22/h1-15H,16H2. The van der Waals surface area contributed by atoms with Crippen molar-refractivity contribution < 1.29 is 13.4 Å². The molecule has 1 heterocycles. The van der Waals surface area contributed by atoms with Crippen LogP contribution >= 0.6 is 0 Å². The van der Waals surface area contributed by atoms with E-state index in [4.69, 9.17) is 4.74 Å². The van der Waals surface area contributed by atoms with Crippen molar-refractivity contribution in [3.8, 4) is 5.75 Å². The second-order valence-electron chi connectivity index (χ2n) is 6.24. The summed E-state index contributed by atoms with van der Waals surface area (Å²) in [5.74, 6) is 0.580. The third-order valence-corrected chi connectivity index (χ3v) is 4.43. The molecule has 3 nitrogen and oxygen atoms in total. The quantitative estimate of drug-likeness (QED) is 0.428. The fourth-order valence-corrected chi connectivity index (χ4v) is 3.16. The highest BCUT2D eigenvalue weighted by Gasteiger charge is 2.34. The fourth-order valence-electron chi connectivity index (χ4n) is 3.16. The Morgan fingerprint density at radius 3 is 2.21 bits per heavy atom. The molecule has 0 unspecified atom stereocenters. The molecule has 4 rings (SSSR count). The Labute approximate surface area is 162 Å². The lowest BCUT2D eigenvalue weighted by molar-refractivity contribution is 0.352. The van der Waals surface area contributed by atoms with Gasteiger partial charge in [-0.1, -0.05) is 48.5 Å². The van der Waals surface area contributed by atoms with Crippen molar-refractivity contribution in [2.75, 3.05) is 11.4 Å². The van der Waals surface area contributed by atoms with Crippen LogP contribution in [0.1, 0.15) is 5.56 Å². The molecule has 0 spiro atoms. The Balaban J connectivity index is 1.87. The SMILES string of the molecule is FB(F)N(C1=C(C=Nc2ccccc2)COc2ccccc21)c1ccccc1. The highest BCUT2D eigenvalue weighted by atomic mass is 19.2. The maximum Gasteiger partial charge on any atom is 0.678 e. The molecule has 6 heteroatoms. The zero-order valence-corrected chi connectivity index (χ0v) is 15.0. The van der Waals surface area contributed by atoms with Gasteiger partial charge < -0.3 is 9.55 Å². The molecule has 3 aromatic rings. The largest absolute Gasteiger partial charge is 0.678 e. The lowest BCUT2D eigenvalue weighted by atomic mass is 9.96. The van der Waals surface area contributed by atoms with Gasteiger partial charge in [-0.05, 0) is 36.4 Å². The van der Waals surface area contributed by atoms with Crippen LogP contribution in [0.3, 0.4) is 0 Å². The normalized spacial score (nSPS) is 13.2. The van der Waals surface area contributed by atoms with Crippen LogP contribution in [-0.2, 0) is 0 Å². The Morgan fingerprint density at radius 1 is 0.857 bits per heavy atom. The van der Waals surface area contributed by atoms with Crippen LogP contribution in [0.4, 0.5) is 20.0 Å². The molecular formula is C22H17BF2N2O. The maximum atomic E-state index is 14.2. The van der Waals surface area contributed by atoms with Gasteiger partial charge in [-0.15, -0.1) is 0 Å². The van der Waals surface area contributed by atoms with E-state index in [0.29, 0.717) is 28.3 Å². The molecule has 0 aromatic heterocycles. The smallest absolute Gasteiger partial charge is 0.488 e. The minimum atomic E-state index is -2.72. The number of ether oxygens (including phenoxy) is 1. The average molecular weight is 374 g/mol. The summed E-state index contributed by atoms with van der Waals surface area (Å²) in [6, 6.07) is 25.2. The Morgan fingerprint density at radius 2 is 1.50 bits per heavy atom. The van der Waals surface area contributed by atoms with Crippen molar-refractivity contribution >= 4 is 30.7 Å². The monoisotopic (exact) mass is 374 g/mol. The molecule has 0 N–H and O–H groups in total. The lowest BCUT2D eigenvalue weighted by Gasteiger charge is -2.31. The van der Waals surface area contributed by atoms with E-state index in [9.17, 15) is 8.63 Å². The summed E-state index contributed by atoms with van der Waals surface area (Å²) in [5, 5.41) is 0. The first-order chi connectivity index (χ1) is 13.7. The van der Waals surface area contributed by atoms with Crippen molar-refractivity contribution in [1.29, 1.82) is 0 Å². The van der Waals surface area contributed by atoms with Crippen molar-refractivity contribution in [3.05, 3.63) is 96.1 Å². The Bertz CT molecular complexity index is 1010. The van der Waals surface area contributed by atoms with Gasteiger partial charge in [0, 0.05) is 23.0 Å². The molecule has 0 atom stereocenters. The van der Waals surface area contributed by atoms with Crippen LogP contribution in [-0.4, -0.2) is 20.2 Å². The summed E-state index contributed by atoms with van der Waals surface area (Å²) in [4.78, 5) is 5.49. The number of aliphatic imine (C=N–C) groups is 1. The first-order valence-electron chi connectivity index (χ1n) is 8.91. The topological polar surface area (TPSA) is 24.8 Å². The molecule has 0 radical (unpaired) electrons.